The highest BCUT2D eigenvalue weighted by Crippen LogP contribution is 2.18. The third-order valence-electron chi connectivity index (χ3n) is 3.14. The summed E-state index contributed by atoms with van der Waals surface area (Å²) in [5.41, 5.74) is 0.127. The van der Waals surface area contributed by atoms with Gasteiger partial charge in [-0.15, -0.1) is 0 Å². The normalized spacial score (nSPS) is 14.8. The van der Waals surface area contributed by atoms with E-state index in [0.29, 0.717) is 5.92 Å². The lowest BCUT2D eigenvalue weighted by Crippen LogP contribution is -2.36. The van der Waals surface area contributed by atoms with Crippen LogP contribution >= 0.6 is 0 Å². The molecule has 0 amide bonds. The van der Waals surface area contributed by atoms with Gasteiger partial charge in [-0.1, -0.05) is 26.8 Å². The molecule has 4 heteroatoms. The molecule has 0 aliphatic carbocycles. The van der Waals surface area contributed by atoms with Gasteiger partial charge in [0.2, 0.25) is 0 Å². The van der Waals surface area contributed by atoms with Crippen LogP contribution in [0.1, 0.15) is 38.9 Å². The van der Waals surface area contributed by atoms with Crippen molar-refractivity contribution < 1.29 is 13.9 Å². The molecule has 2 N–H and O–H groups in total. The molecule has 2 nitrogen and oxygen atoms in total. The number of nitrogens with one attached hydrogen (secondary N) is 1. The van der Waals surface area contributed by atoms with Gasteiger partial charge in [0.25, 0.3) is 0 Å². The maximum atomic E-state index is 13.4. The minimum atomic E-state index is -0.960. The van der Waals surface area contributed by atoms with E-state index in [4.69, 9.17) is 0 Å². The average Bonchev–Trinajstić information content (AvgIpc) is 2.28. The van der Waals surface area contributed by atoms with Gasteiger partial charge in [0.1, 0.15) is 11.6 Å². The van der Waals surface area contributed by atoms with Gasteiger partial charge in [-0.3, -0.25) is 0 Å². The third-order valence-corrected chi connectivity index (χ3v) is 3.14. The lowest BCUT2D eigenvalue weighted by molar-refractivity contribution is 0.160. The quantitative estimate of drug-likeness (QED) is 0.821. The Hall–Kier alpha value is -1.00. The smallest absolute Gasteiger partial charge is 0.131 e. The van der Waals surface area contributed by atoms with Gasteiger partial charge >= 0.3 is 0 Å². The van der Waals surface area contributed by atoms with Crippen LogP contribution in [0.25, 0.3) is 0 Å². The van der Waals surface area contributed by atoms with E-state index in [1.54, 1.807) is 0 Å². The SMILES string of the molecule is CCC(NCC(O)c1ccc(F)cc1F)C(C)C. The van der Waals surface area contributed by atoms with Crippen LogP contribution in [0, 0.1) is 17.6 Å². The fourth-order valence-electron chi connectivity index (χ4n) is 2.00. The summed E-state index contributed by atoms with van der Waals surface area (Å²) < 4.78 is 26.2. The predicted molar refractivity (Wildman–Crippen MR) is 68.2 cm³/mol. The molecule has 0 saturated heterocycles. The molecule has 2 atom stereocenters. The second-order valence-electron chi connectivity index (χ2n) is 4.85. The summed E-state index contributed by atoms with van der Waals surface area (Å²) >= 11 is 0. The monoisotopic (exact) mass is 257 g/mol. The van der Waals surface area contributed by atoms with Gasteiger partial charge in [-0.05, 0) is 18.4 Å². The highest BCUT2D eigenvalue weighted by Gasteiger charge is 2.16. The van der Waals surface area contributed by atoms with Gasteiger partial charge in [-0.25, -0.2) is 8.78 Å². The van der Waals surface area contributed by atoms with Gasteiger partial charge in [-0.2, -0.15) is 0 Å². The summed E-state index contributed by atoms with van der Waals surface area (Å²) in [7, 11) is 0. The first-order chi connectivity index (χ1) is 8.45. The Labute approximate surface area is 107 Å². The van der Waals surface area contributed by atoms with Crippen LogP contribution in [0.15, 0.2) is 18.2 Å². The number of rotatable bonds is 6. The molecule has 0 spiro atoms. The Balaban J connectivity index is 2.62. The minimum Gasteiger partial charge on any atom is -0.387 e. The summed E-state index contributed by atoms with van der Waals surface area (Å²) in [5, 5.41) is 13.1. The Bertz CT molecular complexity index is 382. The highest BCUT2D eigenvalue weighted by molar-refractivity contribution is 5.21. The van der Waals surface area contributed by atoms with E-state index in [1.807, 2.05) is 0 Å². The first-order valence-electron chi connectivity index (χ1n) is 6.32. The lowest BCUT2D eigenvalue weighted by Gasteiger charge is -2.23. The number of aliphatic hydroxyl groups is 1. The Morgan fingerprint density at radius 1 is 1.28 bits per heavy atom. The molecule has 0 fully saturated rings. The van der Waals surface area contributed by atoms with E-state index in [9.17, 15) is 13.9 Å². The van der Waals surface area contributed by atoms with Crippen molar-refractivity contribution in [2.45, 2.75) is 39.3 Å². The lowest BCUT2D eigenvalue weighted by atomic mass is 10.0. The molecule has 0 aliphatic rings. The van der Waals surface area contributed by atoms with E-state index in [-0.39, 0.29) is 18.2 Å². The second-order valence-corrected chi connectivity index (χ2v) is 4.85. The molecular formula is C14H21F2NO. The second kappa shape index (κ2) is 6.81. The zero-order chi connectivity index (χ0) is 13.7. The molecule has 102 valence electrons. The molecule has 1 aromatic rings. The largest absolute Gasteiger partial charge is 0.387 e. The van der Waals surface area contributed by atoms with Crippen molar-refractivity contribution in [2.75, 3.05) is 6.54 Å². The molecule has 1 rings (SSSR count). The van der Waals surface area contributed by atoms with Crippen molar-refractivity contribution in [1.29, 1.82) is 0 Å². The van der Waals surface area contributed by atoms with Gasteiger partial charge in [0, 0.05) is 24.2 Å². The molecule has 1 aromatic carbocycles. The van der Waals surface area contributed by atoms with E-state index >= 15 is 0 Å². The fraction of sp³-hybridized carbons (Fsp3) is 0.571. The van der Waals surface area contributed by atoms with Crippen LogP contribution in [-0.4, -0.2) is 17.7 Å². The van der Waals surface area contributed by atoms with Crippen LogP contribution in [0.4, 0.5) is 8.78 Å². The van der Waals surface area contributed by atoms with E-state index in [0.717, 1.165) is 18.6 Å². The topological polar surface area (TPSA) is 32.3 Å². The van der Waals surface area contributed by atoms with E-state index in [2.05, 4.69) is 26.1 Å². The number of hydrogen-bond donors (Lipinski definition) is 2. The molecule has 0 heterocycles. The zero-order valence-electron chi connectivity index (χ0n) is 11.1. The molecule has 0 aliphatic heterocycles. The van der Waals surface area contributed by atoms with Crippen molar-refractivity contribution in [3.8, 4) is 0 Å². The summed E-state index contributed by atoms with van der Waals surface area (Å²) in [6.45, 7) is 6.50. The molecule has 0 bridgehead atoms. The van der Waals surface area contributed by atoms with Gasteiger partial charge in [0.15, 0.2) is 0 Å². The first kappa shape index (κ1) is 15.1. The fourth-order valence-corrected chi connectivity index (χ4v) is 2.00. The molecule has 0 radical (unpaired) electrons. The average molecular weight is 257 g/mol. The van der Waals surface area contributed by atoms with Crippen molar-refractivity contribution >= 4 is 0 Å². The first-order valence-corrected chi connectivity index (χ1v) is 6.32. The number of aliphatic hydroxyl groups excluding tert-OH is 1. The van der Waals surface area contributed by atoms with E-state index in [1.165, 1.54) is 6.07 Å². The van der Waals surface area contributed by atoms with Crippen LogP contribution < -0.4 is 5.32 Å². The van der Waals surface area contributed by atoms with Gasteiger partial charge < -0.3 is 10.4 Å². The summed E-state index contributed by atoms with van der Waals surface area (Å²) in [4.78, 5) is 0. The molecule has 2 unspecified atom stereocenters. The minimum absolute atomic E-state index is 0.127. The van der Waals surface area contributed by atoms with Crippen molar-refractivity contribution in [2.24, 2.45) is 5.92 Å². The molecule has 18 heavy (non-hydrogen) atoms. The van der Waals surface area contributed by atoms with Crippen LogP contribution in [0.5, 0.6) is 0 Å². The van der Waals surface area contributed by atoms with Crippen molar-refractivity contribution in [1.82, 2.24) is 5.32 Å². The maximum Gasteiger partial charge on any atom is 0.131 e. The Kier molecular flexibility index (Phi) is 5.69. The van der Waals surface area contributed by atoms with Crippen LogP contribution in [0.3, 0.4) is 0 Å². The van der Waals surface area contributed by atoms with Crippen LogP contribution in [-0.2, 0) is 0 Å². The summed E-state index contributed by atoms with van der Waals surface area (Å²) in [6, 6.07) is 3.51. The number of hydrogen-bond acceptors (Lipinski definition) is 2. The summed E-state index contributed by atoms with van der Waals surface area (Å²) in [6.07, 6.45) is -0.0191. The number of halogens is 2. The zero-order valence-corrected chi connectivity index (χ0v) is 11.1. The molecule has 0 aromatic heterocycles. The van der Waals surface area contributed by atoms with E-state index < -0.39 is 17.7 Å². The Morgan fingerprint density at radius 3 is 2.44 bits per heavy atom. The van der Waals surface area contributed by atoms with Crippen molar-refractivity contribution in [3.63, 3.8) is 0 Å². The standard InChI is InChI=1S/C14H21F2NO/c1-4-13(9(2)3)17-8-14(18)11-6-5-10(15)7-12(11)16/h5-7,9,13-14,17-18H,4,8H2,1-3H3. The predicted octanol–water partition coefficient (Wildman–Crippen LogP) is 3.02. The molecule has 0 saturated carbocycles. The van der Waals surface area contributed by atoms with Gasteiger partial charge in [0.05, 0.1) is 6.10 Å². The number of benzene rings is 1. The summed E-state index contributed by atoms with van der Waals surface area (Å²) in [5.74, 6) is -0.896. The highest BCUT2D eigenvalue weighted by atomic mass is 19.1. The Morgan fingerprint density at radius 2 is 1.94 bits per heavy atom. The van der Waals surface area contributed by atoms with Crippen molar-refractivity contribution in [3.05, 3.63) is 35.4 Å². The van der Waals surface area contributed by atoms with Crippen LogP contribution in [0.2, 0.25) is 0 Å². The molecular weight excluding hydrogens is 236 g/mol. The maximum absolute atomic E-state index is 13.4. The third kappa shape index (κ3) is 4.03.